The molecule has 2 fully saturated rings. The second-order valence-corrected chi connectivity index (χ2v) is 10.2. The van der Waals surface area contributed by atoms with E-state index in [4.69, 9.17) is 0 Å². The van der Waals surface area contributed by atoms with Gasteiger partial charge in [-0.2, -0.15) is 11.8 Å². The lowest BCUT2D eigenvalue weighted by Crippen LogP contribution is -2.48. The van der Waals surface area contributed by atoms with E-state index in [0.29, 0.717) is 31.5 Å². The van der Waals surface area contributed by atoms with Crippen LogP contribution in [0.5, 0.6) is 0 Å². The molecule has 2 aliphatic rings. The Bertz CT molecular complexity index is 514. The van der Waals surface area contributed by atoms with Gasteiger partial charge in [-0.3, -0.25) is 4.99 Å². The highest BCUT2D eigenvalue weighted by atomic mass is 127. The van der Waals surface area contributed by atoms with Gasteiger partial charge in [0, 0.05) is 44.2 Å². The fourth-order valence-corrected chi connectivity index (χ4v) is 5.94. The van der Waals surface area contributed by atoms with Gasteiger partial charge in [-0.15, -0.1) is 24.0 Å². The van der Waals surface area contributed by atoms with Crippen LogP contribution < -0.4 is 5.32 Å². The van der Waals surface area contributed by atoms with Gasteiger partial charge >= 0.3 is 0 Å². The van der Waals surface area contributed by atoms with Crippen LogP contribution in [0.1, 0.15) is 27.2 Å². The van der Waals surface area contributed by atoms with E-state index in [-0.39, 0.29) is 29.7 Å². The highest BCUT2D eigenvalue weighted by Gasteiger charge is 2.25. The maximum Gasteiger partial charge on any atom is 0.215 e. The molecule has 0 saturated carbocycles. The minimum atomic E-state index is -3.18. The second-order valence-electron chi connectivity index (χ2n) is 6.91. The minimum absolute atomic E-state index is 0. The summed E-state index contributed by atoms with van der Waals surface area (Å²) in [6.45, 7) is 11.0. The SMILES string of the molecule is CCNC(=NCCS(=O)(=O)N1CCSCC1)N1CC(C)CC(C)C1.I. The molecule has 0 aromatic carbocycles. The molecule has 2 rings (SSSR count). The van der Waals surface area contributed by atoms with Crippen LogP contribution >= 0.6 is 35.7 Å². The first-order valence-electron chi connectivity index (χ1n) is 9.01. The molecule has 148 valence electrons. The second kappa shape index (κ2) is 11.2. The number of nitrogens with zero attached hydrogens (tertiary/aromatic N) is 3. The third kappa shape index (κ3) is 7.42. The van der Waals surface area contributed by atoms with Gasteiger partial charge in [-0.1, -0.05) is 13.8 Å². The quantitative estimate of drug-likeness (QED) is 0.352. The Morgan fingerprint density at radius 1 is 1.20 bits per heavy atom. The Kier molecular flexibility index (Phi) is 10.4. The van der Waals surface area contributed by atoms with E-state index in [1.807, 2.05) is 11.8 Å². The first kappa shape index (κ1) is 23.3. The third-order valence-electron chi connectivity index (χ3n) is 4.48. The van der Waals surface area contributed by atoms with E-state index in [1.165, 1.54) is 6.42 Å². The van der Waals surface area contributed by atoms with Crippen LogP contribution in [0.15, 0.2) is 4.99 Å². The molecule has 0 bridgehead atoms. The van der Waals surface area contributed by atoms with Crippen LogP contribution in [0.2, 0.25) is 0 Å². The molecule has 0 amide bonds. The van der Waals surface area contributed by atoms with Crippen molar-refractivity contribution in [3.05, 3.63) is 0 Å². The van der Waals surface area contributed by atoms with Crippen LogP contribution in [-0.2, 0) is 10.0 Å². The van der Waals surface area contributed by atoms with Crippen molar-refractivity contribution < 1.29 is 8.42 Å². The number of likely N-dealkylation sites (tertiary alicyclic amines) is 1. The highest BCUT2D eigenvalue weighted by molar-refractivity contribution is 14.0. The summed E-state index contributed by atoms with van der Waals surface area (Å²) >= 11 is 1.82. The van der Waals surface area contributed by atoms with Crippen LogP contribution in [0, 0.1) is 11.8 Å². The smallest absolute Gasteiger partial charge is 0.215 e. The number of hydrogen-bond donors (Lipinski definition) is 1. The monoisotopic (exact) mass is 504 g/mol. The molecule has 0 aliphatic carbocycles. The van der Waals surface area contributed by atoms with Crippen molar-refractivity contribution in [1.29, 1.82) is 0 Å². The minimum Gasteiger partial charge on any atom is -0.357 e. The number of aliphatic imine (C=N–C) groups is 1. The lowest BCUT2D eigenvalue weighted by molar-refractivity contribution is 0.208. The van der Waals surface area contributed by atoms with E-state index >= 15 is 0 Å². The molecule has 2 heterocycles. The molecule has 0 aromatic rings. The van der Waals surface area contributed by atoms with Gasteiger partial charge in [0.05, 0.1) is 12.3 Å². The van der Waals surface area contributed by atoms with Gasteiger partial charge in [-0.05, 0) is 25.2 Å². The zero-order chi connectivity index (χ0) is 17.6. The van der Waals surface area contributed by atoms with E-state index in [9.17, 15) is 8.42 Å². The average Bonchev–Trinajstić information content (AvgIpc) is 2.54. The van der Waals surface area contributed by atoms with Crippen LogP contribution in [0.25, 0.3) is 0 Å². The van der Waals surface area contributed by atoms with Gasteiger partial charge in [0.2, 0.25) is 10.0 Å². The molecule has 0 radical (unpaired) electrons. The van der Waals surface area contributed by atoms with Crippen molar-refractivity contribution in [2.24, 2.45) is 16.8 Å². The topological polar surface area (TPSA) is 65.0 Å². The summed E-state index contributed by atoms with van der Waals surface area (Å²) in [6.07, 6.45) is 1.25. The summed E-state index contributed by atoms with van der Waals surface area (Å²) in [6, 6.07) is 0. The molecule has 0 aromatic heterocycles. The zero-order valence-corrected chi connectivity index (χ0v) is 19.6. The molecule has 2 aliphatic heterocycles. The Morgan fingerprint density at radius 2 is 1.80 bits per heavy atom. The molecule has 2 unspecified atom stereocenters. The van der Waals surface area contributed by atoms with E-state index in [0.717, 1.165) is 37.1 Å². The molecule has 25 heavy (non-hydrogen) atoms. The van der Waals surface area contributed by atoms with Crippen LogP contribution in [-0.4, -0.2) is 80.1 Å². The maximum absolute atomic E-state index is 12.4. The van der Waals surface area contributed by atoms with Gasteiger partial charge in [0.15, 0.2) is 5.96 Å². The lowest BCUT2D eigenvalue weighted by atomic mass is 9.92. The largest absolute Gasteiger partial charge is 0.357 e. The van der Waals surface area contributed by atoms with E-state index in [2.05, 4.69) is 36.0 Å². The van der Waals surface area contributed by atoms with Crippen molar-refractivity contribution >= 4 is 51.7 Å². The van der Waals surface area contributed by atoms with Gasteiger partial charge in [0.25, 0.3) is 0 Å². The van der Waals surface area contributed by atoms with Crippen molar-refractivity contribution in [3.63, 3.8) is 0 Å². The van der Waals surface area contributed by atoms with Crippen molar-refractivity contribution in [3.8, 4) is 0 Å². The number of rotatable bonds is 5. The molecular weight excluding hydrogens is 471 g/mol. The molecule has 2 saturated heterocycles. The summed E-state index contributed by atoms with van der Waals surface area (Å²) in [4.78, 5) is 6.89. The Morgan fingerprint density at radius 3 is 2.36 bits per heavy atom. The fraction of sp³-hybridized carbons (Fsp3) is 0.938. The molecular formula is C16H33IN4O2S2. The van der Waals surface area contributed by atoms with Crippen molar-refractivity contribution in [2.75, 3.05) is 56.5 Å². The Hall–Kier alpha value is 0.260. The number of thioether (sulfide) groups is 1. The van der Waals surface area contributed by atoms with E-state index in [1.54, 1.807) is 4.31 Å². The molecule has 1 N–H and O–H groups in total. The number of piperidine rings is 1. The van der Waals surface area contributed by atoms with Crippen molar-refractivity contribution in [1.82, 2.24) is 14.5 Å². The highest BCUT2D eigenvalue weighted by Crippen LogP contribution is 2.21. The summed E-state index contributed by atoms with van der Waals surface area (Å²) < 4.78 is 26.5. The average molecular weight is 505 g/mol. The number of sulfonamides is 1. The van der Waals surface area contributed by atoms with Crippen molar-refractivity contribution in [2.45, 2.75) is 27.2 Å². The lowest BCUT2D eigenvalue weighted by Gasteiger charge is -2.37. The maximum atomic E-state index is 12.4. The summed E-state index contributed by atoms with van der Waals surface area (Å²) in [5.41, 5.74) is 0. The molecule has 2 atom stereocenters. The number of nitrogens with one attached hydrogen (secondary N) is 1. The number of halogens is 1. The molecule has 6 nitrogen and oxygen atoms in total. The summed E-state index contributed by atoms with van der Waals surface area (Å²) in [7, 11) is -3.18. The fourth-order valence-electron chi connectivity index (χ4n) is 3.48. The number of guanidine groups is 1. The molecule has 0 spiro atoms. The Balaban J connectivity index is 0.00000312. The van der Waals surface area contributed by atoms with Gasteiger partial charge < -0.3 is 10.2 Å². The van der Waals surface area contributed by atoms with E-state index < -0.39 is 10.0 Å². The first-order valence-corrected chi connectivity index (χ1v) is 11.8. The predicted molar refractivity (Wildman–Crippen MR) is 119 cm³/mol. The summed E-state index contributed by atoms with van der Waals surface area (Å²) in [5, 5.41) is 3.32. The first-order chi connectivity index (χ1) is 11.4. The molecule has 9 heteroatoms. The third-order valence-corrected chi connectivity index (χ3v) is 7.27. The number of hydrogen-bond acceptors (Lipinski definition) is 4. The summed E-state index contributed by atoms with van der Waals surface area (Å²) in [5.74, 6) is 4.05. The predicted octanol–water partition coefficient (Wildman–Crippen LogP) is 1.93. The normalized spacial score (nSPS) is 26.2. The van der Waals surface area contributed by atoms with Crippen LogP contribution in [0.3, 0.4) is 0 Å². The zero-order valence-electron chi connectivity index (χ0n) is 15.6. The van der Waals surface area contributed by atoms with Crippen LogP contribution in [0.4, 0.5) is 0 Å². The van der Waals surface area contributed by atoms with Gasteiger partial charge in [-0.25, -0.2) is 12.7 Å². The van der Waals surface area contributed by atoms with Gasteiger partial charge in [0.1, 0.15) is 0 Å². The Labute approximate surface area is 174 Å². The standard InChI is InChI=1S/C16H32N4O2S2.HI/c1-4-17-16(19-12-14(2)11-15(3)13-19)18-5-10-24(21,22)20-6-8-23-9-7-20;/h14-15H,4-13H2,1-3H3,(H,17,18);1H.